The summed E-state index contributed by atoms with van der Waals surface area (Å²) in [4.78, 5) is 20.6. The van der Waals surface area contributed by atoms with Gasteiger partial charge in [0.1, 0.15) is 5.60 Å². The molecule has 29 heavy (non-hydrogen) atoms. The summed E-state index contributed by atoms with van der Waals surface area (Å²) in [6.07, 6.45) is 2.33. The lowest BCUT2D eigenvalue weighted by Crippen LogP contribution is -2.45. The summed E-state index contributed by atoms with van der Waals surface area (Å²) >= 11 is 0. The third-order valence-electron chi connectivity index (χ3n) is 4.73. The molecular formula is C21H29N3O5. The van der Waals surface area contributed by atoms with E-state index in [2.05, 4.69) is 15.3 Å². The molecule has 8 heteroatoms. The molecule has 2 N–H and O–H groups in total. The van der Waals surface area contributed by atoms with Gasteiger partial charge < -0.3 is 24.6 Å². The molecule has 2 aromatic rings. The van der Waals surface area contributed by atoms with Crippen molar-refractivity contribution >= 4 is 17.1 Å². The summed E-state index contributed by atoms with van der Waals surface area (Å²) in [7, 11) is 1.55. The number of ether oxygens (including phenoxy) is 3. The molecule has 0 aromatic carbocycles. The van der Waals surface area contributed by atoms with E-state index in [0.29, 0.717) is 35.5 Å². The number of pyridine rings is 2. The van der Waals surface area contributed by atoms with E-state index in [1.165, 1.54) is 0 Å². The predicted octanol–water partition coefficient (Wildman–Crippen LogP) is 3.13. The zero-order chi connectivity index (χ0) is 21.0. The second-order valence-corrected chi connectivity index (χ2v) is 8.25. The van der Waals surface area contributed by atoms with Gasteiger partial charge in [-0.05, 0) is 45.7 Å². The minimum Gasteiger partial charge on any atom is -0.481 e. The molecule has 158 valence electrons. The summed E-state index contributed by atoms with van der Waals surface area (Å²) in [6, 6.07) is 5.25. The Hall–Kier alpha value is -2.45. The van der Waals surface area contributed by atoms with Crippen molar-refractivity contribution in [2.24, 2.45) is 0 Å². The van der Waals surface area contributed by atoms with Crippen molar-refractivity contribution in [2.45, 2.75) is 63.9 Å². The second kappa shape index (κ2) is 8.92. The minimum atomic E-state index is -0.736. The van der Waals surface area contributed by atoms with Gasteiger partial charge in [-0.3, -0.25) is 4.98 Å². The third-order valence-corrected chi connectivity index (χ3v) is 4.73. The van der Waals surface area contributed by atoms with Crippen molar-refractivity contribution in [1.82, 2.24) is 15.3 Å². The van der Waals surface area contributed by atoms with E-state index in [0.717, 1.165) is 12.8 Å². The van der Waals surface area contributed by atoms with Crippen LogP contribution in [-0.4, -0.2) is 52.6 Å². The number of nitrogens with zero attached hydrogens (tertiary/aromatic N) is 2. The quantitative estimate of drug-likeness (QED) is 0.790. The van der Waals surface area contributed by atoms with E-state index in [9.17, 15) is 9.90 Å². The molecule has 3 rings (SSSR count). The molecule has 3 atom stereocenters. The van der Waals surface area contributed by atoms with Crippen LogP contribution >= 0.6 is 0 Å². The molecule has 0 bridgehead atoms. The standard InChI is InChI=1S/C21H29N3O5/c1-21(2,3)29-20(26)23-13-5-6-14(28-12-13)11-17(25)15-9-10-22-16-7-8-18(27-4)24-19(15)16/h7-10,13-14,17,25H,5-6,11-12H2,1-4H3,(H,23,26)/t13-,14+,17?/m1/s1. The number of rotatable bonds is 5. The minimum absolute atomic E-state index is 0.0917. The first-order chi connectivity index (χ1) is 13.7. The van der Waals surface area contributed by atoms with Crippen molar-refractivity contribution < 1.29 is 24.1 Å². The molecule has 1 fully saturated rings. The monoisotopic (exact) mass is 403 g/mol. The molecule has 0 radical (unpaired) electrons. The largest absolute Gasteiger partial charge is 0.481 e. The number of aromatic nitrogens is 2. The van der Waals surface area contributed by atoms with Crippen LogP contribution in [0, 0.1) is 0 Å². The number of alkyl carbamates (subject to hydrolysis) is 1. The van der Waals surface area contributed by atoms with Gasteiger partial charge in [-0.25, -0.2) is 9.78 Å². The molecule has 0 aliphatic carbocycles. The molecule has 2 aromatic heterocycles. The van der Waals surface area contributed by atoms with Crippen LogP contribution < -0.4 is 10.1 Å². The molecule has 3 heterocycles. The molecule has 1 amide bonds. The van der Waals surface area contributed by atoms with E-state index in [4.69, 9.17) is 14.2 Å². The summed E-state index contributed by atoms with van der Waals surface area (Å²) in [5, 5.41) is 13.6. The predicted molar refractivity (Wildman–Crippen MR) is 108 cm³/mol. The zero-order valence-electron chi connectivity index (χ0n) is 17.3. The average molecular weight is 403 g/mol. The number of aliphatic hydroxyl groups is 1. The van der Waals surface area contributed by atoms with Crippen molar-refractivity contribution in [1.29, 1.82) is 0 Å². The molecule has 1 unspecified atom stereocenters. The summed E-state index contributed by atoms with van der Waals surface area (Å²) in [5.74, 6) is 0.476. The van der Waals surface area contributed by atoms with Crippen LogP contribution in [0.1, 0.15) is 51.7 Å². The van der Waals surface area contributed by atoms with Gasteiger partial charge in [0.15, 0.2) is 0 Å². The molecular weight excluding hydrogens is 374 g/mol. The first-order valence-corrected chi connectivity index (χ1v) is 9.84. The molecule has 1 aliphatic heterocycles. The van der Waals surface area contributed by atoms with Gasteiger partial charge >= 0.3 is 6.09 Å². The number of fused-ring (bicyclic) bond motifs is 1. The zero-order valence-corrected chi connectivity index (χ0v) is 17.3. The van der Waals surface area contributed by atoms with Crippen LogP contribution in [-0.2, 0) is 9.47 Å². The highest BCUT2D eigenvalue weighted by molar-refractivity contribution is 5.78. The fraction of sp³-hybridized carbons (Fsp3) is 0.571. The first-order valence-electron chi connectivity index (χ1n) is 9.84. The number of carbonyl (C=O) groups is 1. The van der Waals surface area contributed by atoms with Gasteiger partial charge in [0.05, 0.1) is 43.0 Å². The van der Waals surface area contributed by atoms with Crippen LogP contribution in [0.4, 0.5) is 4.79 Å². The van der Waals surface area contributed by atoms with E-state index < -0.39 is 17.8 Å². The topological polar surface area (TPSA) is 103 Å². The summed E-state index contributed by atoms with van der Waals surface area (Å²) in [6.45, 7) is 5.87. The van der Waals surface area contributed by atoms with Crippen LogP contribution in [0.2, 0.25) is 0 Å². The lowest BCUT2D eigenvalue weighted by Gasteiger charge is -2.31. The molecule has 0 spiro atoms. The normalized spacial score (nSPS) is 20.9. The maximum Gasteiger partial charge on any atom is 0.407 e. The Bertz CT molecular complexity index is 844. The van der Waals surface area contributed by atoms with Crippen LogP contribution in [0.25, 0.3) is 11.0 Å². The molecule has 1 aliphatic rings. The summed E-state index contributed by atoms with van der Waals surface area (Å²) in [5.41, 5.74) is 1.50. The first kappa shape index (κ1) is 21.3. The second-order valence-electron chi connectivity index (χ2n) is 8.25. The van der Waals surface area contributed by atoms with E-state index in [1.54, 1.807) is 25.4 Å². The van der Waals surface area contributed by atoms with E-state index in [-0.39, 0.29) is 12.1 Å². The molecule has 1 saturated heterocycles. The number of methoxy groups -OCH3 is 1. The lowest BCUT2D eigenvalue weighted by molar-refractivity contribution is -0.0316. The van der Waals surface area contributed by atoms with Crippen molar-refractivity contribution in [3.05, 3.63) is 30.0 Å². The number of nitrogens with one attached hydrogen (secondary N) is 1. The molecule has 0 saturated carbocycles. The van der Waals surface area contributed by atoms with Crippen molar-refractivity contribution in [3.8, 4) is 5.88 Å². The van der Waals surface area contributed by atoms with Crippen LogP contribution in [0.3, 0.4) is 0 Å². The number of aliphatic hydroxyl groups excluding tert-OH is 1. The van der Waals surface area contributed by atoms with E-state index in [1.807, 2.05) is 26.8 Å². The van der Waals surface area contributed by atoms with Crippen LogP contribution in [0.5, 0.6) is 5.88 Å². The van der Waals surface area contributed by atoms with Gasteiger partial charge in [0, 0.05) is 24.2 Å². The maximum atomic E-state index is 11.9. The molecule has 8 nitrogen and oxygen atoms in total. The Morgan fingerprint density at radius 2 is 2.14 bits per heavy atom. The van der Waals surface area contributed by atoms with Gasteiger partial charge in [0.25, 0.3) is 0 Å². The maximum absolute atomic E-state index is 11.9. The highest BCUT2D eigenvalue weighted by Gasteiger charge is 2.27. The average Bonchev–Trinajstić information content (AvgIpc) is 2.67. The van der Waals surface area contributed by atoms with Gasteiger partial charge in [-0.1, -0.05) is 0 Å². The number of hydrogen-bond acceptors (Lipinski definition) is 7. The highest BCUT2D eigenvalue weighted by atomic mass is 16.6. The highest BCUT2D eigenvalue weighted by Crippen LogP contribution is 2.29. The Labute approximate surface area is 170 Å². The SMILES string of the molecule is COc1ccc2nccc(C(O)C[C@@H]3CC[C@@H](NC(=O)OC(C)(C)C)CO3)c2n1. The number of hydrogen-bond donors (Lipinski definition) is 2. The Balaban J connectivity index is 1.57. The van der Waals surface area contributed by atoms with Gasteiger partial charge in [-0.2, -0.15) is 0 Å². The smallest absolute Gasteiger partial charge is 0.407 e. The third kappa shape index (κ3) is 5.77. The van der Waals surface area contributed by atoms with Crippen molar-refractivity contribution in [3.63, 3.8) is 0 Å². The van der Waals surface area contributed by atoms with E-state index >= 15 is 0 Å². The fourth-order valence-corrected chi connectivity index (χ4v) is 3.37. The van der Waals surface area contributed by atoms with Crippen molar-refractivity contribution in [2.75, 3.05) is 13.7 Å². The Morgan fingerprint density at radius 1 is 1.34 bits per heavy atom. The Morgan fingerprint density at radius 3 is 2.79 bits per heavy atom. The number of carbonyl (C=O) groups excluding carboxylic acids is 1. The Kier molecular flexibility index (Phi) is 6.54. The van der Waals surface area contributed by atoms with Crippen LogP contribution in [0.15, 0.2) is 24.4 Å². The van der Waals surface area contributed by atoms with Gasteiger partial charge in [-0.15, -0.1) is 0 Å². The lowest BCUT2D eigenvalue weighted by atomic mass is 9.97. The fourth-order valence-electron chi connectivity index (χ4n) is 3.37. The summed E-state index contributed by atoms with van der Waals surface area (Å²) < 4.78 is 16.4. The number of amides is 1. The van der Waals surface area contributed by atoms with Gasteiger partial charge in [0.2, 0.25) is 5.88 Å².